The summed E-state index contributed by atoms with van der Waals surface area (Å²) in [6.07, 6.45) is 1.52. The van der Waals surface area contributed by atoms with Gasteiger partial charge in [-0.25, -0.2) is 4.98 Å². The topological polar surface area (TPSA) is 24.9 Å². The van der Waals surface area contributed by atoms with Gasteiger partial charge in [-0.1, -0.05) is 29.1 Å². The van der Waals surface area contributed by atoms with E-state index in [1.807, 2.05) is 7.05 Å². The third kappa shape index (κ3) is 3.23. The Bertz CT molecular complexity index is 352. The molecule has 68 valence electrons. The van der Waals surface area contributed by atoms with Gasteiger partial charge in [-0.2, -0.15) is 0 Å². The van der Waals surface area contributed by atoms with Gasteiger partial charge in [0.25, 0.3) is 0 Å². The van der Waals surface area contributed by atoms with E-state index >= 15 is 0 Å². The normalized spacial score (nSPS) is 9.15. The van der Waals surface area contributed by atoms with Crippen molar-refractivity contribution < 1.29 is 0 Å². The summed E-state index contributed by atoms with van der Waals surface area (Å²) in [5.74, 6) is 5.69. The van der Waals surface area contributed by atoms with Gasteiger partial charge in [-0.3, -0.25) is 0 Å². The van der Waals surface area contributed by atoms with Gasteiger partial charge in [0, 0.05) is 6.20 Å². The van der Waals surface area contributed by atoms with Crippen LogP contribution in [0, 0.1) is 11.8 Å². The molecule has 13 heavy (non-hydrogen) atoms. The summed E-state index contributed by atoms with van der Waals surface area (Å²) in [6, 6.07) is 1.62. The number of pyridine rings is 1. The van der Waals surface area contributed by atoms with Crippen molar-refractivity contribution in [2.24, 2.45) is 0 Å². The van der Waals surface area contributed by atoms with Crippen molar-refractivity contribution in [1.29, 1.82) is 0 Å². The molecule has 0 aliphatic carbocycles. The van der Waals surface area contributed by atoms with Gasteiger partial charge < -0.3 is 5.32 Å². The zero-order chi connectivity index (χ0) is 9.68. The highest BCUT2D eigenvalue weighted by Gasteiger charge is 1.98. The van der Waals surface area contributed by atoms with Gasteiger partial charge in [0.15, 0.2) is 0 Å². The molecule has 2 nitrogen and oxygen atoms in total. The fraction of sp³-hybridized carbons (Fsp3) is 0.222. The minimum Gasteiger partial charge on any atom is -0.309 e. The van der Waals surface area contributed by atoms with Crippen LogP contribution in [0.25, 0.3) is 0 Å². The molecule has 0 radical (unpaired) electrons. The highest BCUT2D eigenvalue weighted by molar-refractivity contribution is 6.35. The van der Waals surface area contributed by atoms with Crippen molar-refractivity contribution in [2.75, 3.05) is 13.6 Å². The maximum absolute atomic E-state index is 5.84. The molecule has 0 spiro atoms. The fourth-order valence-electron chi connectivity index (χ4n) is 0.723. The predicted octanol–water partition coefficient (Wildman–Crippen LogP) is 1.96. The number of rotatable bonds is 1. The Labute approximate surface area is 87.3 Å². The minimum atomic E-state index is 0.483. The van der Waals surface area contributed by atoms with Gasteiger partial charge in [0.2, 0.25) is 0 Å². The summed E-state index contributed by atoms with van der Waals surface area (Å²) >= 11 is 11.5. The second kappa shape index (κ2) is 5.08. The van der Waals surface area contributed by atoms with Crippen LogP contribution in [-0.2, 0) is 0 Å². The summed E-state index contributed by atoms with van der Waals surface area (Å²) in [6.45, 7) is 0.612. The van der Waals surface area contributed by atoms with Crippen molar-refractivity contribution in [3.05, 3.63) is 28.0 Å². The number of nitrogens with one attached hydrogen (secondary N) is 1. The minimum absolute atomic E-state index is 0.483. The van der Waals surface area contributed by atoms with Crippen LogP contribution in [0.1, 0.15) is 5.69 Å². The number of aromatic nitrogens is 1. The molecule has 4 heteroatoms. The second-order valence-corrected chi connectivity index (χ2v) is 3.16. The van der Waals surface area contributed by atoms with Crippen molar-refractivity contribution >= 4 is 23.2 Å². The van der Waals surface area contributed by atoms with E-state index in [1.54, 1.807) is 6.07 Å². The van der Waals surface area contributed by atoms with Gasteiger partial charge in [-0.15, -0.1) is 0 Å². The molecule has 1 aromatic rings. The average molecular weight is 215 g/mol. The van der Waals surface area contributed by atoms with E-state index in [0.29, 0.717) is 22.3 Å². The summed E-state index contributed by atoms with van der Waals surface area (Å²) in [5.41, 5.74) is 0.557. The Kier molecular flexibility index (Phi) is 4.04. The summed E-state index contributed by atoms with van der Waals surface area (Å²) in [7, 11) is 1.82. The van der Waals surface area contributed by atoms with Crippen LogP contribution in [0.5, 0.6) is 0 Å². The van der Waals surface area contributed by atoms with E-state index in [4.69, 9.17) is 23.2 Å². The monoisotopic (exact) mass is 214 g/mol. The van der Waals surface area contributed by atoms with Crippen molar-refractivity contribution in [2.45, 2.75) is 0 Å². The molecule has 0 unspecified atom stereocenters. The Morgan fingerprint density at radius 3 is 2.92 bits per heavy atom. The van der Waals surface area contributed by atoms with Crippen molar-refractivity contribution in [1.82, 2.24) is 10.3 Å². The molecule has 0 saturated heterocycles. The van der Waals surface area contributed by atoms with Gasteiger partial charge in [-0.05, 0) is 19.0 Å². The van der Waals surface area contributed by atoms with Crippen LogP contribution < -0.4 is 5.32 Å². The lowest BCUT2D eigenvalue weighted by molar-refractivity contribution is 0.938. The highest BCUT2D eigenvalue weighted by Crippen LogP contribution is 2.17. The Balaban J connectivity index is 2.85. The molecule has 0 aromatic carbocycles. The van der Waals surface area contributed by atoms with Crippen LogP contribution >= 0.6 is 23.2 Å². The second-order valence-electron chi connectivity index (χ2n) is 2.32. The summed E-state index contributed by atoms with van der Waals surface area (Å²) in [4.78, 5) is 3.98. The summed E-state index contributed by atoms with van der Waals surface area (Å²) in [5, 5.41) is 3.90. The largest absolute Gasteiger partial charge is 0.309 e. The molecule has 0 bridgehead atoms. The number of hydrogen-bond acceptors (Lipinski definition) is 2. The molecular formula is C9H8Cl2N2. The van der Waals surface area contributed by atoms with Gasteiger partial charge in [0.05, 0.1) is 16.6 Å². The molecule has 0 saturated carbocycles. The first-order valence-electron chi connectivity index (χ1n) is 3.68. The van der Waals surface area contributed by atoms with Crippen LogP contribution in [0.4, 0.5) is 0 Å². The first-order valence-corrected chi connectivity index (χ1v) is 4.44. The Hall–Kier alpha value is -0.750. The van der Waals surface area contributed by atoms with Crippen LogP contribution in [0.15, 0.2) is 12.3 Å². The van der Waals surface area contributed by atoms with Gasteiger partial charge >= 0.3 is 0 Å². The lowest BCUT2D eigenvalue weighted by Gasteiger charge is -1.94. The first kappa shape index (κ1) is 10.3. The molecule has 1 aromatic heterocycles. The maximum Gasteiger partial charge on any atom is 0.131 e. The third-order valence-corrected chi connectivity index (χ3v) is 1.77. The molecular weight excluding hydrogens is 207 g/mol. The molecule has 0 amide bonds. The highest BCUT2D eigenvalue weighted by atomic mass is 35.5. The third-order valence-electron chi connectivity index (χ3n) is 1.28. The first-order chi connectivity index (χ1) is 6.24. The zero-order valence-electron chi connectivity index (χ0n) is 7.06. The lowest BCUT2D eigenvalue weighted by Crippen LogP contribution is -2.04. The van der Waals surface area contributed by atoms with E-state index in [1.165, 1.54) is 6.20 Å². The number of nitrogens with zero attached hydrogens (tertiary/aromatic N) is 1. The lowest BCUT2D eigenvalue weighted by atomic mass is 10.3. The van der Waals surface area contributed by atoms with E-state index in [9.17, 15) is 0 Å². The smallest absolute Gasteiger partial charge is 0.131 e. The Morgan fingerprint density at radius 2 is 2.31 bits per heavy atom. The van der Waals surface area contributed by atoms with Crippen LogP contribution in [0.2, 0.25) is 10.0 Å². The van der Waals surface area contributed by atoms with E-state index in [0.717, 1.165) is 0 Å². The van der Waals surface area contributed by atoms with Crippen molar-refractivity contribution in [3.63, 3.8) is 0 Å². The molecule has 0 aliphatic heterocycles. The van der Waals surface area contributed by atoms with Gasteiger partial charge in [0.1, 0.15) is 5.69 Å². The van der Waals surface area contributed by atoms with Crippen LogP contribution in [-0.4, -0.2) is 18.6 Å². The molecule has 1 rings (SSSR count). The molecule has 0 aliphatic rings. The zero-order valence-corrected chi connectivity index (χ0v) is 8.58. The predicted molar refractivity (Wildman–Crippen MR) is 55.1 cm³/mol. The fourth-order valence-corrected chi connectivity index (χ4v) is 1.15. The molecule has 0 fully saturated rings. The van der Waals surface area contributed by atoms with E-state index < -0.39 is 0 Å². The Morgan fingerprint density at radius 1 is 1.54 bits per heavy atom. The number of halogens is 2. The van der Waals surface area contributed by atoms with Crippen LogP contribution in [0.3, 0.4) is 0 Å². The standard InChI is InChI=1S/C9H8Cl2N2/c1-12-4-2-3-9-8(11)5-7(10)6-13-9/h5-6,12H,4H2,1H3. The number of hydrogen-bond donors (Lipinski definition) is 1. The molecule has 1 heterocycles. The van der Waals surface area contributed by atoms with Crippen molar-refractivity contribution in [3.8, 4) is 11.8 Å². The average Bonchev–Trinajstić information content (AvgIpc) is 2.09. The molecule has 0 atom stereocenters. The summed E-state index contributed by atoms with van der Waals surface area (Å²) < 4.78 is 0. The van der Waals surface area contributed by atoms with E-state index in [-0.39, 0.29) is 0 Å². The quantitative estimate of drug-likeness (QED) is 0.724. The van der Waals surface area contributed by atoms with E-state index in [2.05, 4.69) is 22.1 Å². The maximum atomic E-state index is 5.84. The molecule has 1 N–H and O–H groups in total. The SMILES string of the molecule is CNCC#Cc1ncc(Cl)cc1Cl.